The molecule has 0 saturated carbocycles. The SMILES string of the molecule is CNc1ccc2cccc3c2c1C([NH2+]C)C=C3.F[B-](F)(F)F. The molecule has 0 heterocycles. The van der Waals surface area contributed by atoms with Crippen molar-refractivity contribution < 1.29 is 22.6 Å². The zero-order valence-electron chi connectivity index (χ0n) is 12.3. The molecule has 2 aromatic carbocycles. The third-order valence-corrected chi connectivity index (χ3v) is 3.56. The summed E-state index contributed by atoms with van der Waals surface area (Å²) in [6.07, 6.45) is 4.51. The van der Waals surface area contributed by atoms with E-state index < -0.39 is 7.25 Å². The van der Waals surface area contributed by atoms with Crippen molar-refractivity contribution in [2.45, 2.75) is 6.04 Å². The van der Waals surface area contributed by atoms with Crippen molar-refractivity contribution in [2.75, 3.05) is 19.4 Å². The van der Waals surface area contributed by atoms with Crippen LogP contribution < -0.4 is 10.6 Å². The second-order valence-electron chi connectivity index (χ2n) is 4.94. The summed E-state index contributed by atoms with van der Waals surface area (Å²) in [5.74, 6) is 0. The molecular weight excluding hydrogens is 295 g/mol. The molecule has 0 amide bonds. The standard InChI is InChI=1S/C15H16N2.BF4/c1-16-12-8-6-10-4-3-5-11-7-9-13(17-2)15(12)14(10)11;2-1(3,4)5/h3-9,12,16-17H,1-2H3;/q;-1/p+1. The number of quaternary nitrogens is 1. The van der Waals surface area contributed by atoms with Crippen LogP contribution in [0.15, 0.2) is 36.4 Å². The van der Waals surface area contributed by atoms with Crippen molar-refractivity contribution in [3.8, 4) is 0 Å². The first-order valence-corrected chi connectivity index (χ1v) is 6.93. The summed E-state index contributed by atoms with van der Waals surface area (Å²) < 4.78 is 39.0. The Balaban J connectivity index is 0.000000309. The highest BCUT2D eigenvalue weighted by atomic mass is 19.5. The van der Waals surface area contributed by atoms with E-state index in [4.69, 9.17) is 0 Å². The Labute approximate surface area is 126 Å². The van der Waals surface area contributed by atoms with Crippen LogP contribution in [0.5, 0.6) is 0 Å². The maximum atomic E-state index is 9.75. The molecule has 0 radical (unpaired) electrons. The van der Waals surface area contributed by atoms with Crippen molar-refractivity contribution >= 4 is 29.8 Å². The van der Waals surface area contributed by atoms with E-state index in [2.05, 4.69) is 60.2 Å². The molecule has 0 fully saturated rings. The van der Waals surface area contributed by atoms with Crippen LogP contribution in [0.25, 0.3) is 16.8 Å². The van der Waals surface area contributed by atoms with Gasteiger partial charge < -0.3 is 27.9 Å². The third-order valence-electron chi connectivity index (χ3n) is 3.56. The molecule has 3 rings (SSSR count). The van der Waals surface area contributed by atoms with Gasteiger partial charge in [-0.1, -0.05) is 30.3 Å². The molecule has 3 N–H and O–H groups in total. The Morgan fingerprint density at radius 3 is 2.36 bits per heavy atom. The minimum absolute atomic E-state index is 0.413. The van der Waals surface area contributed by atoms with Crippen LogP contribution in [0.3, 0.4) is 0 Å². The second-order valence-corrected chi connectivity index (χ2v) is 4.94. The number of anilines is 1. The normalized spacial score (nSPS) is 16.2. The first-order valence-electron chi connectivity index (χ1n) is 6.93. The summed E-state index contributed by atoms with van der Waals surface area (Å²) >= 11 is 0. The Morgan fingerprint density at radius 1 is 1.09 bits per heavy atom. The fourth-order valence-corrected chi connectivity index (χ4v) is 2.72. The molecule has 1 atom stereocenters. The lowest BCUT2D eigenvalue weighted by Crippen LogP contribution is -2.80. The molecule has 1 aliphatic rings. The van der Waals surface area contributed by atoms with Crippen LogP contribution >= 0.6 is 0 Å². The average Bonchev–Trinajstić information content (AvgIpc) is 2.46. The number of hydrogen-bond acceptors (Lipinski definition) is 1. The predicted molar refractivity (Wildman–Crippen MR) is 83.3 cm³/mol. The van der Waals surface area contributed by atoms with E-state index in [0.29, 0.717) is 6.04 Å². The van der Waals surface area contributed by atoms with Crippen LogP contribution in [-0.2, 0) is 0 Å². The van der Waals surface area contributed by atoms with Crippen molar-refractivity contribution in [3.05, 3.63) is 47.5 Å². The highest BCUT2D eigenvalue weighted by molar-refractivity contribution is 6.50. The van der Waals surface area contributed by atoms with Gasteiger partial charge in [-0.15, -0.1) is 0 Å². The number of halogens is 4. The molecule has 1 unspecified atom stereocenters. The van der Waals surface area contributed by atoms with Crippen LogP contribution in [0.2, 0.25) is 0 Å². The summed E-state index contributed by atoms with van der Waals surface area (Å²) in [6, 6.07) is 11.3. The molecule has 0 aromatic heterocycles. The lowest BCUT2D eigenvalue weighted by atomic mass is 9.89. The summed E-state index contributed by atoms with van der Waals surface area (Å²) in [5.41, 5.74) is 3.97. The predicted octanol–water partition coefficient (Wildman–Crippen LogP) is 3.44. The van der Waals surface area contributed by atoms with Gasteiger partial charge in [-0.05, 0) is 23.1 Å². The molecule has 2 nitrogen and oxygen atoms in total. The van der Waals surface area contributed by atoms with Crippen LogP contribution in [-0.4, -0.2) is 21.3 Å². The maximum Gasteiger partial charge on any atom is 0.673 e. The minimum atomic E-state index is -6.00. The first kappa shape index (κ1) is 16.4. The number of nitrogens with two attached hydrogens (primary N) is 1. The van der Waals surface area contributed by atoms with Gasteiger partial charge in [0, 0.05) is 23.7 Å². The van der Waals surface area contributed by atoms with Crippen molar-refractivity contribution in [1.29, 1.82) is 0 Å². The molecule has 0 spiro atoms. The van der Waals surface area contributed by atoms with E-state index in [1.165, 1.54) is 27.6 Å². The number of nitrogens with one attached hydrogen (secondary N) is 1. The van der Waals surface area contributed by atoms with Gasteiger partial charge in [0.2, 0.25) is 0 Å². The monoisotopic (exact) mass is 312 g/mol. The quantitative estimate of drug-likeness (QED) is 0.645. The topological polar surface area (TPSA) is 28.6 Å². The molecule has 1 aliphatic carbocycles. The van der Waals surface area contributed by atoms with Gasteiger partial charge >= 0.3 is 7.25 Å². The Bertz CT molecular complexity index is 692. The van der Waals surface area contributed by atoms with Crippen LogP contribution in [0.1, 0.15) is 17.2 Å². The molecule has 0 saturated heterocycles. The van der Waals surface area contributed by atoms with Gasteiger partial charge in [0.05, 0.1) is 7.05 Å². The van der Waals surface area contributed by atoms with E-state index in [0.717, 1.165) is 0 Å². The lowest BCUT2D eigenvalue weighted by Gasteiger charge is -2.21. The molecular formula is C15H17BF4N2. The van der Waals surface area contributed by atoms with Crippen LogP contribution in [0, 0.1) is 0 Å². The second kappa shape index (κ2) is 6.40. The van der Waals surface area contributed by atoms with Gasteiger partial charge in [-0.25, -0.2) is 0 Å². The summed E-state index contributed by atoms with van der Waals surface area (Å²) in [4.78, 5) is 0. The number of rotatable bonds is 2. The Hall–Kier alpha value is -2.02. The lowest BCUT2D eigenvalue weighted by molar-refractivity contribution is -0.658. The summed E-state index contributed by atoms with van der Waals surface area (Å²) in [7, 11) is -1.88. The van der Waals surface area contributed by atoms with Gasteiger partial charge in [-0.3, -0.25) is 0 Å². The van der Waals surface area contributed by atoms with Crippen molar-refractivity contribution in [2.24, 2.45) is 0 Å². The first-order chi connectivity index (χ1) is 10.3. The van der Waals surface area contributed by atoms with Gasteiger partial charge in [0.25, 0.3) is 0 Å². The minimum Gasteiger partial charge on any atom is -0.418 e. The van der Waals surface area contributed by atoms with E-state index in [9.17, 15) is 17.3 Å². The average molecular weight is 312 g/mol. The number of hydrogen-bond donors (Lipinski definition) is 2. The zero-order chi connectivity index (χ0) is 16.3. The highest BCUT2D eigenvalue weighted by Crippen LogP contribution is 2.36. The van der Waals surface area contributed by atoms with E-state index in [1.807, 2.05) is 7.05 Å². The summed E-state index contributed by atoms with van der Waals surface area (Å²) in [6.45, 7) is 0. The largest absolute Gasteiger partial charge is 0.673 e. The van der Waals surface area contributed by atoms with Crippen molar-refractivity contribution in [3.63, 3.8) is 0 Å². The Kier molecular flexibility index (Phi) is 4.76. The van der Waals surface area contributed by atoms with Gasteiger partial charge in [0.1, 0.15) is 6.04 Å². The Morgan fingerprint density at radius 2 is 1.77 bits per heavy atom. The van der Waals surface area contributed by atoms with E-state index >= 15 is 0 Å². The zero-order valence-corrected chi connectivity index (χ0v) is 12.3. The molecule has 118 valence electrons. The van der Waals surface area contributed by atoms with Gasteiger partial charge in [0.15, 0.2) is 0 Å². The summed E-state index contributed by atoms with van der Waals surface area (Å²) in [5, 5.41) is 8.28. The third kappa shape index (κ3) is 3.60. The molecule has 0 bridgehead atoms. The molecule has 22 heavy (non-hydrogen) atoms. The van der Waals surface area contributed by atoms with Crippen molar-refractivity contribution in [1.82, 2.24) is 0 Å². The number of likely N-dealkylation sites (N-methyl/N-ethyl adjacent to an activating group) is 1. The van der Waals surface area contributed by atoms with Crippen LogP contribution in [0.4, 0.5) is 23.0 Å². The van der Waals surface area contributed by atoms with E-state index in [1.54, 1.807) is 0 Å². The molecule has 7 heteroatoms. The fraction of sp³-hybridized carbons (Fsp3) is 0.200. The fourth-order valence-electron chi connectivity index (χ4n) is 2.72. The molecule has 2 aromatic rings. The molecule has 0 aliphatic heterocycles. The maximum absolute atomic E-state index is 9.75. The smallest absolute Gasteiger partial charge is 0.418 e. The highest BCUT2D eigenvalue weighted by Gasteiger charge is 2.22. The van der Waals surface area contributed by atoms with Gasteiger partial charge in [-0.2, -0.15) is 0 Å². The number of benzene rings is 2. The van der Waals surface area contributed by atoms with E-state index in [-0.39, 0.29) is 0 Å².